The Hall–Kier alpha value is -2.19. The summed E-state index contributed by atoms with van der Waals surface area (Å²) in [5.41, 5.74) is 11.5. The number of rotatable bonds is 2. The van der Waals surface area contributed by atoms with E-state index in [0.29, 0.717) is 6.54 Å². The van der Waals surface area contributed by atoms with E-state index in [0.717, 1.165) is 16.6 Å². The molecule has 1 heterocycles. The Balaban J connectivity index is 2.24. The molecule has 1 aromatic heterocycles. The number of hydrogen-bond donors (Lipinski definition) is 1. The number of aromatic nitrogens is 1. The number of benzene rings is 2. The molecule has 19 heavy (non-hydrogen) atoms. The second-order valence-corrected chi connectivity index (χ2v) is 4.73. The molecule has 0 spiro atoms. The summed E-state index contributed by atoms with van der Waals surface area (Å²) >= 11 is 0. The summed E-state index contributed by atoms with van der Waals surface area (Å²) in [5, 5.41) is 1.18. The molecule has 2 N–H and O–H groups in total. The first-order valence-corrected chi connectivity index (χ1v) is 6.43. The minimum Gasteiger partial charge on any atom is -0.326 e. The summed E-state index contributed by atoms with van der Waals surface area (Å²) in [5.74, 6) is 0. The molecule has 3 aromatic rings. The normalized spacial score (nSPS) is 10.8. The molecule has 0 aliphatic carbocycles. The molecule has 0 radical (unpaired) electrons. The van der Waals surface area contributed by atoms with Crippen molar-refractivity contribution < 1.29 is 0 Å². The Morgan fingerprint density at radius 3 is 2.53 bits per heavy atom. The van der Waals surface area contributed by atoms with Crippen LogP contribution in [0, 0.1) is 6.92 Å². The molecule has 94 valence electrons. The molecule has 0 unspecified atom stereocenters. The van der Waals surface area contributed by atoms with Crippen LogP contribution in [0.25, 0.3) is 22.0 Å². The van der Waals surface area contributed by atoms with Gasteiger partial charge in [-0.1, -0.05) is 42.5 Å². The van der Waals surface area contributed by atoms with Crippen molar-refractivity contribution in [2.24, 2.45) is 5.73 Å². The lowest BCUT2D eigenvalue weighted by molar-refractivity contribution is 1.08. The molecule has 0 saturated carbocycles. The lowest BCUT2D eigenvalue weighted by atomic mass is 10.0. The van der Waals surface area contributed by atoms with E-state index in [2.05, 4.69) is 42.2 Å². The minimum atomic E-state index is 0.522. The maximum atomic E-state index is 5.78. The van der Waals surface area contributed by atoms with E-state index < -0.39 is 0 Å². The van der Waals surface area contributed by atoms with Crippen molar-refractivity contribution >= 4 is 10.9 Å². The Bertz CT molecular complexity index is 718. The summed E-state index contributed by atoms with van der Waals surface area (Å²) in [6, 6.07) is 16.7. The zero-order valence-corrected chi connectivity index (χ0v) is 10.9. The van der Waals surface area contributed by atoms with Crippen LogP contribution in [0.2, 0.25) is 0 Å². The predicted octanol–water partition coefficient (Wildman–Crippen LogP) is 3.67. The number of nitrogens with zero attached hydrogens (tertiary/aromatic N) is 1. The van der Waals surface area contributed by atoms with Crippen molar-refractivity contribution in [2.45, 2.75) is 13.5 Å². The highest BCUT2D eigenvalue weighted by molar-refractivity contribution is 5.88. The van der Waals surface area contributed by atoms with Gasteiger partial charge < -0.3 is 5.73 Å². The van der Waals surface area contributed by atoms with Gasteiger partial charge in [0.25, 0.3) is 0 Å². The third-order valence-corrected chi connectivity index (χ3v) is 3.48. The van der Waals surface area contributed by atoms with Gasteiger partial charge in [0.2, 0.25) is 0 Å². The summed E-state index contributed by atoms with van der Waals surface area (Å²) in [7, 11) is 0. The number of fused-ring (bicyclic) bond motifs is 1. The summed E-state index contributed by atoms with van der Waals surface area (Å²) in [6.45, 7) is 2.63. The maximum Gasteiger partial charge on any atom is 0.0749 e. The third-order valence-electron chi connectivity index (χ3n) is 3.48. The Morgan fingerprint density at radius 1 is 1.00 bits per heavy atom. The van der Waals surface area contributed by atoms with Crippen LogP contribution in [0.4, 0.5) is 0 Å². The first-order chi connectivity index (χ1) is 9.29. The van der Waals surface area contributed by atoms with Gasteiger partial charge in [-0.15, -0.1) is 0 Å². The lowest BCUT2D eigenvalue weighted by Crippen LogP contribution is -1.99. The Morgan fingerprint density at radius 2 is 1.79 bits per heavy atom. The molecule has 0 amide bonds. The van der Waals surface area contributed by atoms with Crippen molar-refractivity contribution in [3.05, 3.63) is 65.9 Å². The van der Waals surface area contributed by atoms with Gasteiger partial charge in [0.1, 0.15) is 0 Å². The fraction of sp³-hybridized carbons (Fsp3) is 0.118. The van der Waals surface area contributed by atoms with Crippen LogP contribution in [0.15, 0.2) is 54.7 Å². The molecule has 0 atom stereocenters. The fourth-order valence-electron chi connectivity index (χ4n) is 2.37. The summed E-state index contributed by atoms with van der Waals surface area (Å²) < 4.78 is 0. The van der Waals surface area contributed by atoms with E-state index >= 15 is 0 Å². The summed E-state index contributed by atoms with van der Waals surface area (Å²) in [4.78, 5) is 4.61. The van der Waals surface area contributed by atoms with Gasteiger partial charge in [-0.05, 0) is 29.7 Å². The quantitative estimate of drug-likeness (QED) is 0.751. The van der Waals surface area contributed by atoms with Gasteiger partial charge >= 0.3 is 0 Å². The van der Waals surface area contributed by atoms with E-state index in [-0.39, 0.29) is 0 Å². The average molecular weight is 248 g/mol. The molecular weight excluding hydrogens is 232 g/mol. The fourth-order valence-corrected chi connectivity index (χ4v) is 2.37. The van der Waals surface area contributed by atoms with Crippen molar-refractivity contribution in [2.75, 3.05) is 0 Å². The Kier molecular flexibility index (Phi) is 3.02. The Labute approximate surface area is 112 Å². The number of pyridine rings is 1. The van der Waals surface area contributed by atoms with Gasteiger partial charge in [0, 0.05) is 23.7 Å². The molecule has 2 heteroatoms. The molecule has 3 rings (SSSR count). The minimum absolute atomic E-state index is 0.522. The lowest BCUT2D eigenvalue weighted by Gasteiger charge is -2.09. The van der Waals surface area contributed by atoms with Crippen LogP contribution in [-0.2, 0) is 6.54 Å². The van der Waals surface area contributed by atoms with E-state index in [1.54, 1.807) is 0 Å². The van der Waals surface area contributed by atoms with Gasteiger partial charge in [0.05, 0.1) is 5.52 Å². The van der Waals surface area contributed by atoms with E-state index in [1.165, 1.54) is 16.5 Å². The SMILES string of the molecule is Cc1ccc(CN)c2ncc(-c3ccccc3)cc12. The van der Waals surface area contributed by atoms with Crippen LogP contribution >= 0.6 is 0 Å². The topological polar surface area (TPSA) is 38.9 Å². The predicted molar refractivity (Wildman–Crippen MR) is 79.8 cm³/mol. The highest BCUT2D eigenvalue weighted by Gasteiger charge is 2.06. The molecule has 2 aromatic carbocycles. The highest BCUT2D eigenvalue weighted by Crippen LogP contribution is 2.26. The standard InChI is InChI=1S/C17H16N2/c1-12-7-8-14(10-18)17-16(12)9-15(11-19-17)13-5-3-2-4-6-13/h2-9,11H,10,18H2,1H3. The van der Waals surface area contributed by atoms with Gasteiger partial charge in [0.15, 0.2) is 0 Å². The molecule has 2 nitrogen and oxygen atoms in total. The van der Waals surface area contributed by atoms with Crippen molar-refractivity contribution in [1.82, 2.24) is 4.98 Å². The zero-order chi connectivity index (χ0) is 13.2. The van der Waals surface area contributed by atoms with Gasteiger partial charge in [-0.25, -0.2) is 0 Å². The van der Waals surface area contributed by atoms with E-state index in [4.69, 9.17) is 5.73 Å². The van der Waals surface area contributed by atoms with Crippen LogP contribution < -0.4 is 5.73 Å². The van der Waals surface area contributed by atoms with Crippen LogP contribution in [-0.4, -0.2) is 4.98 Å². The first-order valence-electron chi connectivity index (χ1n) is 6.43. The van der Waals surface area contributed by atoms with Gasteiger partial charge in [-0.3, -0.25) is 4.98 Å². The second-order valence-electron chi connectivity index (χ2n) is 4.73. The monoisotopic (exact) mass is 248 g/mol. The second kappa shape index (κ2) is 4.82. The molecule has 0 aliphatic rings. The molecule has 0 bridgehead atoms. The summed E-state index contributed by atoms with van der Waals surface area (Å²) in [6.07, 6.45) is 1.93. The molecule has 0 fully saturated rings. The maximum absolute atomic E-state index is 5.78. The largest absolute Gasteiger partial charge is 0.326 e. The van der Waals surface area contributed by atoms with Crippen LogP contribution in [0.1, 0.15) is 11.1 Å². The number of aryl methyl sites for hydroxylation is 1. The van der Waals surface area contributed by atoms with Crippen LogP contribution in [0.5, 0.6) is 0 Å². The first kappa shape index (κ1) is 11.9. The highest BCUT2D eigenvalue weighted by atomic mass is 14.7. The third kappa shape index (κ3) is 2.11. The molecular formula is C17H16N2. The number of hydrogen-bond acceptors (Lipinski definition) is 2. The zero-order valence-electron chi connectivity index (χ0n) is 10.9. The van der Waals surface area contributed by atoms with Crippen molar-refractivity contribution in [3.63, 3.8) is 0 Å². The van der Waals surface area contributed by atoms with Gasteiger partial charge in [-0.2, -0.15) is 0 Å². The number of nitrogens with two attached hydrogens (primary N) is 1. The molecule has 0 aliphatic heterocycles. The smallest absolute Gasteiger partial charge is 0.0749 e. The van der Waals surface area contributed by atoms with E-state index in [1.807, 2.05) is 24.4 Å². The average Bonchev–Trinajstić information content (AvgIpc) is 2.48. The van der Waals surface area contributed by atoms with Crippen LogP contribution in [0.3, 0.4) is 0 Å². The molecule has 0 saturated heterocycles. The van der Waals surface area contributed by atoms with Crippen molar-refractivity contribution in [3.8, 4) is 11.1 Å². The van der Waals surface area contributed by atoms with Crippen molar-refractivity contribution in [1.29, 1.82) is 0 Å². The van der Waals surface area contributed by atoms with E-state index in [9.17, 15) is 0 Å².